The molecule has 0 saturated heterocycles. The quantitative estimate of drug-likeness (QED) is 0.583. The Balaban J connectivity index is 3.71. The predicted octanol–water partition coefficient (Wildman–Crippen LogP) is 4.57. The molecule has 0 saturated carbocycles. The van der Waals surface area contributed by atoms with E-state index >= 15 is 0 Å². The Labute approximate surface area is 114 Å². The zero-order chi connectivity index (χ0) is 13.1. The lowest BCUT2D eigenvalue weighted by Gasteiger charge is -2.19. The Bertz CT molecular complexity index is 143. The molecule has 0 aliphatic carbocycles. The third kappa shape index (κ3) is 12.6. The molecule has 0 fully saturated rings. The number of thioether (sulfide) groups is 1. The van der Waals surface area contributed by atoms with Gasteiger partial charge in [0.05, 0.1) is 0 Å². The lowest BCUT2D eigenvalue weighted by atomic mass is 10.0. The van der Waals surface area contributed by atoms with E-state index in [9.17, 15) is 0 Å². The van der Waals surface area contributed by atoms with E-state index in [1.54, 1.807) is 0 Å². The third-order valence-electron chi connectivity index (χ3n) is 2.79. The van der Waals surface area contributed by atoms with Crippen molar-refractivity contribution in [3.05, 3.63) is 0 Å². The van der Waals surface area contributed by atoms with E-state index < -0.39 is 0 Å². The van der Waals surface area contributed by atoms with Gasteiger partial charge in [0.2, 0.25) is 0 Å². The lowest BCUT2D eigenvalue weighted by Crippen LogP contribution is -2.32. The average molecular weight is 260 g/mol. The van der Waals surface area contributed by atoms with Gasteiger partial charge in [-0.1, -0.05) is 47.5 Å². The molecule has 0 aromatic carbocycles. The maximum atomic E-state index is 3.70. The van der Waals surface area contributed by atoms with Crippen LogP contribution in [0.25, 0.3) is 0 Å². The number of hydrogen-bond acceptors (Lipinski definition) is 2. The van der Waals surface area contributed by atoms with Crippen LogP contribution in [0.4, 0.5) is 0 Å². The molecular weight excluding hydrogens is 226 g/mol. The van der Waals surface area contributed by atoms with Gasteiger partial charge in [-0.2, -0.15) is 11.8 Å². The van der Waals surface area contributed by atoms with Crippen LogP contribution in [-0.2, 0) is 0 Å². The molecule has 0 amide bonds. The van der Waals surface area contributed by atoms with Gasteiger partial charge in [-0.25, -0.2) is 0 Å². The van der Waals surface area contributed by atoms with Gasteiger partial charge in [0.1, 0.15) is 0 Å². The molecule has 0 aromatic heterocycles. The molecule has 0 radical (unpaired) electrons. The van der Waals surface area contributed by atoms with Crippen molar-refractivity contribution in [1.82, 2.24) is 5.32 Å². The van der Waals surface area contributed by atoms with Crippen LogP contribution in [0.1, 0.15) is 60.3 Å². The van der Waals surface area contributed by atoms with Crippen molar-refractivity contribution >= 4 is 11.8 Å². The first-order chi connectivity index (χ1) is 8.06. The Morgan fingerprint density at radius 2 is 1.65 bits per heavy atom. The van der Waals surface area contributed by atoms with Crippen LogP contribution in [0.3, 0.4) is 0 Å². The first kappa shape index (κ1) is 17.3. The van der Waals surface area contributed by atoms with Crippen LogP contribution in [-0.4, -0.2) is 24.1 Å². The standard InChI is InChI=1S/C15H33NS/c1-6-10-16-15(9-7-8-13(2)3)12-17-11-14(4)5/h13-16H,6-12H2,1-5H3. The van der Waals surface area contributed by atoms with E-state index in [1.165, 1.54) is 43.7 Å². The Kier molecular flexibility index (Phi) is 11.6. The molecule has 0 aliphatic heterocycles. The van der Waals surface area contributed by atoms with Crippen LogP contribution in [0.2, 0.25) is 0 Å². The van der Waals surface area contributed by atoms with E-state index in [1.807, 2.05) is 0 Å². The largest absolute Gasteiger partial charge is 0.313 e. The lowest BCUT2D eigenvalue weighted by molar-refractivity contribution is 0.462. The second-order valence-corrected chi connectivity index (χ2v) is 6.98. The smallest absolute Gasteiger partial charge is 0.0158 e. The second-order valence-electron chi connectivity index (χ2n) is 5.91. The number of nitrogens with one attached hydrogen (secondary N) is 1. The zero-order valence-corrected chi connectivity index (χ0v) is 13.4. The van der Waals surface area contributed by atoms with Gasteiger partial charge in [-0.3, -0.25) is 0 Å². The maximum Gasteiger partial charge on any atom is 0.0158 e. The Hall–Kier alpha value is 0.310. The molecule has 1 N–H and O–H groups in total. The summed E-state index contributed by atoms with van der Waals surface area (Å²) in [5.41, 5.74) is 0. The van der Waals surface area contributed by atoms with Crippen LogP contribution >= 0.6 is 11.8 Å². The summed E-state index contributed by atoms with van der Waals surface area (Å²) in [5, 5.41) is 3.70. The summed E-state index contributed by atoms with van der Waals surface area (Å²) >= 11 is 2.12. The van der Waals surface area contributed by atoms with E-state index in [0.717, 1.165) is 17.9 Å². The number of hydrogen-bond donors (Lipinski definition) is 1. The fraction of sp³-hybridized carbons (Fsp3) is 1.00. The fourth-order valence-electron chi connectivity index (χ4n) is 1.81. The summed E-state index contributed by atoms with van der Waals surface area (Å²) < 4.78 is 0. The summed E-state index contributed by atoms with van der Waals surface area (Å²) in [4.78, 5) is 0. The fourth-order valence-corrected chi connectivity index (χ4v) is 2.99. The highest BCUT2D eigenvalue weighted by Crippen LogP contribution is 2.14. The van der Waals surface area contributed by atoms with Crippen molar-refractivity contribution in [2.45, 2.75) is 66.3 Å². The van der Waals surface area contributed by atoms with E-state index in [2.05, 4.69) is 51.7 Å². The molecule has 2 heteroatoms. The molecule has 1 atom stereocenters. The van der Waals surface area contributed by atoms with Crippen molar-refractivity contribution in [3.63, 3.8) is 0 Å². The summed E-state index contributed by atoms with van der Waals surface area (Å²) in [6.07, 6.45) is 5.35. The molecule has 1 nitrogen and oxygen atoms in total. The SMILES string of the molecule is CCCNC(CCCC(C)C)CSCC(C)C. The highest BCUT2D eigenvalue weighted by Gasteiger charge is 2.08. The topological polar surface area (TPSA) is 12.0 Å². The first-order valence-electron chi connectivity index (χ1n) is 7.37. The van der Waals surface area contributed by atoms with Crippen molar-refractivity contribution in [2.24, 2.45) is 11.8 Å². The van der Waals surface area contributed by atoms with Gasteiger partial charge in [0, 0.05) is 11.8 Å². The first-order valence-corrected chi connectivity index (χ1v) is 8.52. The van der Waals surface area contributed by atoms with Crippen LogP contribution in [0.15, 0.2) is 0 Å². The molecule has 0 aromatic rings. The molecule has 1 unspecified atom stereocenters. The molecule has 0 aliphatic rings. The number of rotatable bonds is 11. The van der Waals surface area contributed by atoms with Crippen molar-refractivity contribution in [3.8, 4) is 0 Å². The highest BCUT2D eigenvalue weighted by atomic mass is 32.2. The van der Waals surface area contributed by atoms with Crippen molar-refractivity contribution in [1.29, 1.82) is 0 Å². The highest BCUT2D eigenvalue weighted by molar-refractivity contribution is 7.99. The minimum Gasteiger partial charge on any atom is -0.313 e. The van der Waals surface area contributed by atoms with Gasteiger partial charge >= 0.3 is 0 Å². The Morgan fingerprint density at radius 1 is 0.941 bits per heavy atom. The summed E-state index contributed by atoms with van der Waals surface area (Å²) in [7, 11) is 0. The average Bonchev–Trinajstić information content (AvgIpc) is 2.24. The molecule has 0 spiro atoms. The van der Waals surface area contributed by atoms with Crippen LogP contribution in [0.5, 0.6) is 0 Å². The van der Waals surface area contributed by atoms with Gasteiger partial charge in [-0.15, -0.1) is 0 Å². The molecule has 104 valence electrons. The second kappa shape index (κ2) is 11.4. The van der Waals surface area contributed by atoms with Crippen molar-refractivity contribution < 1.29 is 0 Å². The summed E-state index contributed by atoms with van der Waals surface area (Å²) in [6.45, 7) is 12.7. The Morgan fingerprint density at radius 3 is 2.18 bits per heavy atom. The minimum absolute atomic E-state index is 0.734. The zero-order valence-electron chi connectivity index (χ0n) is 12.6. The monoisotopic (exact) mass is 259 g/mol. The molecular formula is C15H33NS. The van der Waals surface area contributed by atoms with E-state index in [4.69, 9.17) is 0 Å². The summed E-state index contributed by atoms with van der Waals surface area (Å²) in [6, 6.07) is 0.734. The molecule has 17 heavy (non-hydrogen) atoms. The van der Waals surface area contributed by atoms with Gasteiger partial charge in [-0.05, 0) is 37.0 Å². The van der Waals surface area contributed by atoms with E-state index in [-0.39, 0.29) is 0 Å². The van der Waals surface area contributed by atoms with Crippen LogP contribution < -0.4 is 5.32 Å². The van der Waals surface area contributed by atoms with E-state index in [0.29, 0.717) is 0 Å². The minimum atomic E-state index is 0.734. The van der Waals surface area contributed by atoms with Crippen LogP contribution in [0, 0.1) is 11.8 Å². The summed E-state index contributed by atoms with van der Waals surface area (Å²) in [5.74, 6) is 4.26. The molecule has 0 bridgehead atoms. The van der Waals surface area contributed by atoms with Gasteiger partial charge in [0.15, 0.2) is 0 Å². The maximum absolute atomic E-state index is 3.70. The molecule has 0 heterocycles. The molecule has 0 rings (SSSR count). The van der Waals surface area contributed by atoms with Gasteiger partial charge < -0.3 is 5.32 Å². The third-order valence-corrected chi connectivity index (χ3v) is 4.33. The van der Waals surface area contributed by atoms with Crippen molar-refractivity contribution in [2.75, 3.05) is 18.1 Å². The normalized spacial score (nSPS) is 13.6. The van der Waals surface area contributed by atoms with Gasteiger partial charge in [0.25, 0.3) is 0 Å². The predicted molar refractivity (Wildman–Crippen MR) is 82.9 cm³/mol.